The maximum Gasteiger partial charge on any atom is 0.328 e. The number of nitrogens with zero attached hydrogens (tertiary/aromatic N) is 2. The average Bonchev–Trinajstić information content (AvgIpc) is 2.68. The molecule has 2 rings (SSSR count). The maximum absolute atomic E-state index is 12.2. The van der Waals surface area contributed by atoms with E-state index in [0.29, 0.717) is 30.6 Å². The van der Waals surface area contributed by atoms with Crippen molar-refractivity contribution in [1.29, 1.82) is 0 Å². The van der Waals surface area contributed by atoms with Gasteiger partial charge < -0.3 is 4.74 Å². The molecule has 1 heterocycles. The predicted molar refractivity (Wildman–Crippen MR) is 79.8 cm³/mol. The minimum atomic E-state index is -3.58. The summed E-state index contributed by atoms with van der Waals surface area (Å²) in [6.07, 6.45) is 0.599. The molecule has 0 radical (unpaired) electrons. The van der Waals surface area contributed by atoms with Crippen LogP contribution in [-0.2, 0) is 28.9 Å². The number of sulfonamides is 1. The molecule has 7 nitrogen and oxygen atoms in total. The van der Waals surface area contributed by atoms with Crippen molar-refractivity contribution >= 4 is 21.1 Å². The van der Waals surface area contributed by atoms with Gasteiger partial charge in [0.15, 0.2) is 0 Å². The number of hydrogen-bond donors (Lipinski definition) is 1. The lowest BCUT2D eigenvalue weighted by atomic mass is 10.3. The number of fused-ring (bicyclic) bond motifs is 1. The number of aryl methyl sites for hydroxylation is 2. The molecule has 1 aromatic heterocycles. The summed E-state index contributed by atoms with van der Waals surface area (Å²) < 4.78 is 34.7. The lowest BCUT2D eigenvalue weighted by molar-refractivity contribution is 0.196. The van der Waals surface area contributed by atoms with Crippen LogP contribution in [0, 0.1) is 0 Å². The van der Waals surface area contributed by atoms with Crippen molar-refractivity contribution < 1.29 is 13.2 Å². The molecule has 2 aromatic rings. The Hall–Kier alpha value is -1.64. The van der Waals surface area contributed by atoms with E-state index in [0.717, 1.165) is 0 Å². The number of rotatable bonds is 6. The van der Waals surface area contributed by atoms with Gasteiger partial charge in [0, 0.05) is 34.4 Å². The largest absolute Gasteiger partial charge is 0.385 e. The first-order valence-corrected chi connectivity index (χ1v) is 8.01. The summed E-state index contributed by atoms with van der Waals surface area (Å²) in [6, 6.07) is 4.65. The number of aromatic nitrogens is 2. The van der Waals surface area contributed by atoms with Crippen LogP contribution in [0.5, 0.6) is 0 Å². The highest BCUT2D eigenvalue weighted by atomic mass is 32.2. The molecule has 0 fully saturated rings. The number of benzene rings is 1. The molecule has 0 saturated heterocycles. The predicted octanol–water partition coefficient (Wildman–Crippen LogP) is 0.192. The van der Waals surface area contributed by atoms with Crippen LogP contribution in [0.1, 0.15) is 6.42 Å². The van der Waals surface area contributed by atoms with Crippen LogP contribution in [0.3, 0.4) is 0 Å². The maximum atomic E-state index is 12.2. The topological polar surface area (TPSA) is 82.3 Å². The molecule has 0 saturated carbocycles. The fourth-order valence-electron chi connectivity index (χ4n) is 2.16. The van der Waals surface area contributed by atoms with Crippen LogP contribution in [0.15, 0.2) is 27.9 Å². The third-order valence-corrected chi connectivity index (χ3v) is 4.83. The molecule has 0 aliphatic rings. The second-order valence-electron chi connectivity index (χ2n) is 4.80. The van der Waals surface area contributed by atoms with Crippen LogP contribution >= 0.6 is 0 Å². The molecule has 0 atom stereocenters. The smallest absolute Gasteiger partial charge is 0.328 e. The Balaban J connectivity index is 2.34. The van der Waals surface area contributed by atoms with Gasteiger partial charge in [0.25, 0.3) is 0 Å². The molecule has 1 N–H and O–H groups in total. The zero-order valence-electron chi connectivity index (χ0n) is 12.3. The summed E-state index contributed by atoms with van der Waals surface area (Å²) in [5.74, 6) is 0. The Kier molecular flexibility index (Phi) is 4.50. The Morgan fingerprint density at radius 1 is 1.19 bits per heavy atom. The molecule has 0 unspecified atom stereocenters. The van der Waals surface area contributed by atoms with Gasteiger partial charge in [-0.05, 0) is 24.6 Å². The van der Waals surface area contributed by atoms with Gasteiger partial charge in [0.05, 0.1) is 15.9 Å². The van der Waals surface area contributed by atoms with Crippen molar-refractivity contribution in [1.82, 2.24) is 13.9 Å². The van der Waals surface area contributed by atoms with Gasteiger partial charge in [0.2, 0.25) is 10.0 Å². The Bertz CT molecular complexity index is 805. The minimum absolute atomic E-state index is 0.147. The number of imidazole rings is 1. The third-order valence-electron chi connectivity index (χ3n) is 3.37. The van der Waals surface area contributed by atoms with E-state index in [-0.39, 0.29) is 10.6 Å². The lowest BCUT2D eigenvalue weighted by Crippen LogP contribution is -2.25. The second kappa shape index (κ2) is 6.00. The third kappa shape index (κ3) is 3.02. The molecule has 8 heteroatoms. The van der Waals surface area contributed by atoms with E-state index in [2.05, 4.69) is 4.72 Å². The summed E-state index contributed by atoms with van der Waals surface area (Å²) in [7, 11) is 1.26. The van der Waals surface area contributed by atoms with E-state index < -0.39 is 10.0 Å². The molecule has 1 aromatic carbocycles. The first kappa shape index (κ1) is 15.7. The summed E-state index contributed by atoms with van der Waals surface area (Å²) in [4.78, 5) is 12.0. The van der Waals surface area contributed by atoms with E-state index >= 15 is 0 Å². The van der Waals surface area contributed by atoms with Crippen LogP contribution in [-0.4, -0.2) is 37.8 Å². The van der Waals surface area contributed by atoms with Crippen molar-refractivity contribution in [2.75, 3.05) is 20.3 Å². The van der Waals surface area contributed by atoms with Crippen molar-refractivity contribution in [3.63, 3.8) is 0 Å². The highest BCUT2D eigenvalue weighted by Crippen LogP contribution is 2.17. The Labute approximate surface area is 123 Å². The SMILES string of the molecule is COCCCNS(=O)(=O)c1ccc2c(c1)n(C)c(=O)n2C. The Morgan fingerprint density at radius 2 is 1.86 bits per heavy atom. The van der Waals surface area contributed by atoms with Gasteiger partial charge in [0.1, 0.15) is 0 Å². The van der Waals surface area contributed by atoms with Crippen LogP contribution in [0.2, 0.25) is 0 Å². The van der Waals surface area contributed by atoms with Gasteiger partial charge in [-0.15, -0.1) is 0 Å². The van der Waals surface area contributed by atoms with Crippen molar-refractivity contribution in [2.24, 2.45) is 14.1 Å². The molecule has 0 spiro atoms. The molecule has 0 amide bonds. The fraction of sp³-hybridized carbons (Fsp3) is 0.462. The zero-order valence-corrected chi connectivity index (χ0v) is 13.1. The highest BCUT2D eigenvalue weighted by molar-refractivity contribution is 7.89. The second-order valence-corrected chi connectivity index (χ2v) is 6.56. The molecular weight excluding hydrogens is 294 g/mol. The Morgan fingerprint density at radius 3 is 2.52 bits per heavy atom. The summed E-state index contributed by atoms with van der Waals surface area (Å²) >= 11 is 0. The van der Waals surface area contributed by atoms with E-state index in [1.54, 1.807) is 27.3 Å². The molecule has 116 valence electrons. The van der Waals surface area contributed by atoms with Crippen LogP contribution in [0.4, 0.5) is 0 Å². The molecular formula is C13H19N3O4S. The van der Waals surface area contributed by atoms with E-state index in [1.165, 1.54) is 21.3 Å². The van der Waals surface area contributed by atoms with Gasteiger partial charge in [-0.1, -0.05) is 0 Å². The lowest BCUT2D eigenvalue weighted by Gasteiger charge is -2.07. The van der Waals surface area contributed by atoms with Gasteiger partial charge in [-0.3, -0.25) is 9.13 Å². The number of hydrogen-bond acceptors (Lipinski definition) is 4. The number of nitrogens with one attached hydrogen (secondary N) is 1. The quantitative estimate of drug-likeness (QED) is 0.772. The molecule has 0 aliphatic heterocycles. The highest BCUT2D eigenvalue weighted by Gasteiger charge is 2.16. The van der Waals surface area contributed by atoms with Crippen molar-refractivity contribution in [3.05, 3.63) is 28.7 Å². The molecule has 21 heavy (non-hydrogen) atoms. The van der Waals surface area contributed by atoms with Crippen LogP contribution < -0.4 is 10.4 Å². The fourth-order valence-corrected chi connectivity index (χ4v) is 3.25. The first-order chi connectivity index (χ1) is 9.88. The summed E-state index contributed by atoms with van der Waals surface area (Å²) in [5, 5.41) is 0. The van der Waals surface area contributed by atoms with E-state index in [4.69, 9.17) is 4.74 Å². The zero-order chi connectivity index (χ0) is 15.6. The average molecular weight is 313 g/mol. The van der Waals surface area contributed by atoms with E-state index in [1.807, 2.05) is 0 Å². The summed E-state index contributed by atoms with van der Waals surface area (Å²) in [6.45, 7) is 0.802. The van der Waals surface area contributed by atoms with Crippen molar-refractivity contribution in [3.8, 4) is 0 Å². The molecule has 0 bridgehead atoms. The van der Waals surface area contributed by atoms with Gasteiger partial charge in [-0.2, -0.15) is 0 Å². The number of ether oxygens (including phenoxy) is 1. The van der Waals surface area contributed by atoms with Gasteiger partial charge in [-0.25, -0.2) is 17.9 Å². The summed E-state index contributed by atoms with van der Waals surface area (Å²) in [5.41, 5.74) is 1.09. The van der Waals surface area contributed by atoms with E-state index in [9.17, 15) is 13.2 Å². The number of methoxy groups -OCH3 is 1. The normalized spacial score (nSPS) is 12.1. The van der Waals surface area contributed by atoms with Gasteiger partial charge >= 0.3 is 5.69 Å². The monoisotopic (exact) mass is 313 g/mol. The standard InChI is InChI=1S/C13H19N3O4S/c1-15-11-6-5-10(9-12(11)16(2)13(15)17)21(18,19)14-7-4-8-20-3/h5-6,9,14H,4,7-8H2,1-3H3. The minimum Gasteiger partial charge on any atom is -0.385 e. The molecule has 0 aliphatic carbocycles. The van der Waals surface area contributed by atoms with Crippen molar-refractivity contribution in [2.45, 2.75) is 11.3 Å². The van der Waals surface area contributed by atoms with Crippen LogP contribution in [0.25, 0.3) is 11.0 Å². The first-order valence-electron chi connectivity index (χ1n) is 6.52.